The van der Waals surface area contributed by atoms with Crippen molar-refractivity contribution in [1.82, 2.24) is 9.13 Å². The van der Waals surface area contributed by atoms with Gasteiger partial charge in [0.05, 0.1) is 22.1 Å². The fourth-order valence-electron chi connectivity index (χ4n) is 8.31. The van der Waals surface area contributed by atoms with E-state index >= 15 is 0 Å². The second-order valence-electron chi connectivity index (χ2n) is 13.3. The molecule has 0 saturated heterocycles. The van der Waals surface area contributed by atoms with E-state index in [2.05, 4.69) is 191 Å². The van der Waals surface area contributed by atoms with Gasteiger partial charge in [0.25, 0.3) is 0 Å². The smallest absolute Gasteiger partial charge is 0.0619 e. The number of hydrogen-bond donors (Lipinski definition) is 0. The van der Waals surface area contributed by atoms with E-state index in [-0.39, 0.29) is 0 Å². The van der Waals surface area contributed by atoms with E-state index in [0.29, 0.717) is 0 Å². The molecule has 0 aliphatic heterocycles. The summed E-state index contributed by atoms with van der Waals surface area (Å²) in [6.07, 6.45) is 0. The van der Waals surface area contributed by atoms with E-state index in [0.717, 1.165) is 5.69 Å². The van der Waals surface area contributed by atoms with Crippen molar-refractivity contribution in [3.63, 3.8) is 0 Å². The Morgan fingerprint density at radius 3 is 1.75 bits per heavy atom. The number of fused-ring (bicyclic) bond motifs is 9. The van der Waals surface area contributed by atoms with Crippen molar-refractivity contribution in [1.29, 1.82) is 0 Å². The molecule has 11 aromatic rings. The zero-order valence-electron chi connectivity index (χ0n) is 27.6. The second kappa shape index (κ2) is 11.0. The Hall–Kier alpha value is -6.42. The molecule has 0 fully saturated rings. The summed E-state index contributed by atoms with van der Waals surface area (Å²) in [5.74, 6) is 0. The van der Waals surface area contributed by atoms with E-state index in [9.17, 15) is 0 Å². The zero-order valence-corrected chi connectivity index (χ0v) is 28.4. The SMILES string of the molecule is c1ccc(-c2cc3c4ccccc4n(-c4ccccc4)c3cc2-c2cccc3c4ccccc4n(-c4ccc5sc6ccccc6c5c4)c23)cc1. The van der Waals surface area contributed by atoms with Crippen LogP contribution in [0.2, 0.25) is 0 Å². The summed E-state index contributed by atoms with van der Waals surface area (Å²) in [5, 5.41) is 7.62. The quantitative estimate of drug-likeness (QED) is 0.177. The molecule has 0 aliphatic carbocycles. The van der Waals surface area contributed by atoms with Crippen LogP contribution < -0.4 is 0 Å². The van der Waals surface area contributed by atoms with Crippen molar-refractivity contribution >= 4 is 75.1 Å². The highest BCUT2D eigenvalue weighted by Gasteiger charge is 2.22. The maximum Gasteiger partial charge on any atom is 0.0619 e. The molecule has 0 atom stereocenters. The van der Waals surface area contributed by atoms with Gasteiger partial charge in [0.2, 0.25) is 0 Å². The molecule has 0 radical (unpaired) electrons. The average Bonchev–Trinajstić information content (AvgIpc) is 3.85. The van der Waals surface area contributed by atoms with Crippen molar-refractivity contribution in [3.8, 4) is 33.6 Å². The maximum absolute atomic E-state index is 2.50. The van der Waals surface area contributed by atoms with Crippen LogP contribution >= 0.6 is 11.3 Å². The fraction of sp³-hybridized carbons (Fsp3) is 0. The summed E-state index contributed by atoms with van der Waals surface area (Å²) >= 11 is 1.87. The molecule has 3 heteroatoms. The third-order valence-electron chi connectivity index (χ3n) is 10.5. The van der Waals surface area contributed by atoms with Crippen LogP contribution in [0.25, 0.3) is 97.4 Å². The van der Waals surface area contributed by atoms with Gasteiger partial charge in [-0.3, -0.25) is 0 Å². The van der Waals surface area contributed by atoms with Crippen LogP contribution in [0.1, 0.15) is 0 Å². The summed E-state index contributed by atoms with van der Waals surface area (Å²) in [6.45, 7) is 0. The molecule has 0 N–H and O–H groups in total. The predicted octanol–water partition coefficient (Wildman–Crippen LogP) is 13.6. The molecule has 3 aromatic heterocycles. The Bertz CT molecular complexity index is 3130. The number of aromatic nitrogens is 2. The van der Waals surface area contributed by atoms with Crippen LogP contribution in [0.4, 0.5) is 0 Å². The Balaban J connectivity index is 1.29. The van der Waals surface area contributed by atoms with Crippen LogP contribution in [0.5, 0.6) is 0 Å². The number of nitrogens with zero attached hydrogens (tertiary/aromatic N) is 2. The van der Waals surface area contributed by atoms with Crippen LogP contribution in [-0.4, -0.2) is 9.13 Å². The van der Waals surface area contributed by atoms with E-state index in [4.69, 9.17) is 0 Å². The Kier molecular flexibility index (Phi) is 6.16. The third-order valence-corrected chi connectivity index (χ3v) is 11.7. The van der Waals surface area contributed by atoms with Gasteiger partial charge < -0.3 is 9.13 Å². The summed E-state index contributed by atoms with van der Waals surface area (Å²) in [7, 11) is 0. The summed E-state index contributed by atoms with van der Waals surface area (Å²) in [6, 6.07) is 66.8. The van der Waals surface area contributed by atoms with Gasteiger partial charge in [0, 0.05) is 58.7 Å². The van der Waals surface area contributed by atoms with Crippen molar-refractivity contribution < 1.29 is 0 Å². The van der Waals surface area contributed by atoms with Crippen LogP contribution in [-0.2, 0) is 0 Å². The fourth-order valence-corrected chi connectivity index (χ4v) is 9.39. The van der Waals surface area contributed by atoms with Gasteiger partial charge in [0.15, 0.2) is 0 Å². The van der Waals surface area contributed by atoms with Gasteiger partial charge >= 0.3 is 0 Å². The highest BCUT2D eigenvalue weighted by molar-refractivity contribution is 7.25. The maximum atomic E-state index is 2.50. The molecule has 0 spiro atoms. The minimum absolute atomic E-state index is 1.16. The summed E-state index contributed by atoms with van der Waals surface area (Å²) in [4.78, 5) is 0. The lowest BCUT2D eigenvalue weighted by molar-refractivity contribution is 1.18. The molecule has 3 heterocycles. The first kappa shape index (κ1) is 28.4. The highest BCUT2D eigenvalue weighted by Crippen LogP contribution is 2.45. The second-order valence-corrected chi connectivity index (χ2v) is 14.4. The number of hydrogen-bond acceptors (Lipinski definition) is 1. The summed E-state index contributed by atoms with van der Waals surface area (Å²) in [5.41, 5.74) is 12.0. The van der Waals surface area contributed by atoms with Crippen LogP contribution in [0.15, 0.2) is 182 Å². The Morgan fingerprint density at radius 2 is 0.941 bits per heavy atom. The first-order valence-corrected chi connectivity index (χ1v) is 18.3. The van der Waals surface area contributed by atoms with Crippen molar-refractivity contribution in [3.05, 3.63) is 182 Å². The molecule has 0 bridgehead atoms. The normalized spacial score (nSPS) is 11.9. The topological polar surface area (TPSA) is 9.86 Å². The van der Waals surface area contributed by atoms with Gasteiger partial charge in [-0.2, -0.15) is 0 Å². The van der Waals surface area contributed by atoms with Gasteiger partial charge in [0.1, 0.15) is 0 Å². The molecule has 51 heavy (non-hydrogen) atoms. The standard InChI is InChI=1S/C48H30N2S/c1-3-14-31(15-4-1)39-29-41-35-19-8-10-23-43(35)49(32-16-5-2-6-17-32)45(41)30-40(39)38-22-13-21-37-34-18-7-11-24-44(34)50(48(37)38)33-26-27-47-42(28-33)36-20-9-12-25-46(36)51-47/h1-30H. The Labute approximate surface area is 298 Å². The molecule has 2 nitrogen and oxygen atoms in total. The molecule has 0 saturated carbocycles. The number of para-hydroxylation sites is 4. The van der Waals surface area contributed by atoms with Crippen molar-refractivity contribution in [2.45, 2.75) is 0 Å². The molecule has 0 unspecified atom stereocenters. The average molecular weight is 667 g/mol. The van der Waals surface area contributed by atoms with E-state index in [1.807, 2.05) is 11.3 Å². The highest BCUT2D eigenvalue weighted by atomic mass is 32.1. The molecule has 8 aromatic carbocycles. The monoisotopic (exact) mass is 666 g/mol. The number of benzene rings is 8. The lowest BCUT2D eigenvalue weighted by Gasteiger charge is -2.16. The number of thiophene rings is 1. The van der Waals surface area contributed by atoms with Gasteiger partial charge in [-0.25, -0.2) is 0 Å². The molecule has 0 aliphatic rings. The van der Waals surface area contributed by atoms with Crippen LogP contribution in [0.3, 0.4) is 0 Å². The molecular weight excluding hydrogens is 637 g/mol. The first-order valence-electron chi connectivity index (χ1n) is 17.4. The molecular formula is C48H30N2S. The van der Waals surface area contributed by atoms with E-state index < -0.39 is 0 Å². The molecule has 11 rings (SSSR count). The molecule has 238 valence electrons. The Morgan fingerprint density at radius 1 is 0.314 bits per heavy atom. The first-order chi connectivity index (χ1) is 25.3. The van der Waals surface area contributed by atoms with Crippen molar-refractivity contribution in [2.24, 2.45) is 0 Å². The lowest BCUT2D eigenvalue weighted by Crippen LogP contribution is -1.97. The molecule has 0 amide bonds. The van der Waals surface area contributed by atoms with Crippen LogP contribution in [0, 0.1) is 0 Å². The van der Waals surface area contributed by atoms with Gasteiger partial charge in [-0.05, 0) is 77.4 Å². The third kappa shape index (κ3) is 4.22. The van der Waals surface area contributed by atoms with E-state index in [1.165, 1.54) is 91.7 Å². The minimum Gasteiger partial charge on any atom is -0.309 e. The van der Waals surface area contributed by atoms with Gasteiger partial charge in [-0.15, -0.1) is 11.3 Å². The number of rotatable bonds is 4. The van der Waals surface area contributed by atoms with Crippen molar-refractivity contribution in [2.75, 3.05) is 0 Å². The van der Waals surface area contributed by atoms with Gasteiger partial charge in [-0.1, -0.05) is 121 Å². The largest absolute Gasteiger partial charge is 0.309 e. The summed E-state index contributed by atoms with van der Waals surface area (Å²) < 4.78 is 7.56. The zero-order chi connectivity index (χ0) is 33.5. The van der Waals surface area contributed by atoms with E-state index in [1.54, 1.807) is 0 Å². The minimum atomic E-state index is 1.16. The lowest BCUT2D eigenvalue weighted by atomic mass is 9.91. The predicted molar refractivity (Wildman–Crippen MR) is 219 cm³/mol.